The standard InChI is InChI=1S/C20H25N3S/c1-18-7-15-8-19(2,11-18)13-20(9-15,12-18)23-17(24)22-16-5-3-14(10-21)4-6-16/h3-6,15H,7-9,11-13H2,1-2H3,(H2,22,23,24). The summed E-state index contributed by atoms with van der Waals surface area (Å²) in [6.45, 7) is 4.95. The molecule has 2 N–H and O–H groups in total. The molecule has 24 heavy (non-hydrogen) atoms. The van der Waals surface area contributed by atoms with Gasteiger partial charge in [-0.25, -0.2) is 0 Å². The van der Waals surface area contributed by atoms with Gasteiger partial charge < -0.3 is 10.6 Å². The predicted octanol–water partition coefficient (Wildman–Crippen LogP) is 4.59. The fraction of sp³-hybridized carbons (Fsp3) is 0.600. The third-order valence-corrected chi connectivity index (χ3v) is 6.48. The van der Waals surface area contributed by atoms with Crippen LogP contribution >= 0.6 is 12.2 Å². The molecular weight excluding hydrogens is 314 g/mol. The molecule has 4 aliphatic rings. The van der Waals surface area contributed by atoms with Crippen molar-refractivity contribution in [3.63, 3.8) is 0 Å². The fourth-order valence-electron chi connectivity index (χ4n) is 6.62. The molecule has 4 fully saturated rings. The molecule has 4 saturated carbocycles. The highest BCUT2D eigenvalue weighted by atomic mass is 32.1. The Morgan fingerprint density at radius 1 is 1.08 bits per heavy atom. The minimum Gasteiger partial charge on any atom is -0.357 e. The second-order valence-corrected chi connectivity index (χ2v) is 9.59. The van der Waals surface area contributed by atoms with Crippen molar-refractivity contribution < 1.29 is 0 Å². The molecule has 0 amide bonds. The zero-order valence-corrected chi connectivity index (χ0v) is 15.3. The molecule has 4 heteroatoms. The van der Waals surface area contributed by atoms with Gasteiger partial charge in [0.2, 0.25) is 0 Å². The number of thiocarbonyl (C=S) groups is 1. The summed E-state index contributed by atoms with van der Waals surface area (Å²) in [7, 11) is 0. The summed E-state index contributed by atoms with van der Waals surface area (Å²) in [5.74, 6) is 0.849. The van der Waals surface area contributed by atoms with Gasteiger partial charge in [-0.3, -0.25) is 0 Å². The highest BCUT2D eigenvalue weighted by Gasteiger charge is 2.60. The molecule has 2 atom stereocenters. The third-order valence-electron chi connectivity index (χ3n) is 6.28. The van der Waals surface area contributed by atoms with Crippen molar-refractivity contribution in [3.8, 4) is 6.07 Å². The van der Waals surface area contributed by atoms with Crippen molar-refractivity contribution >= 4 is 23.0 Å². The van der Waals surface area contributed by atoms with Gasteiger partial charge in [-0.2, -0.15) is 5.26 Å². The number of rotatable bonds is 2. The molecule has 0 aromatic heterocycles. The Labute approximate surface area is 149 Å². The van der Waals surface area contributed by atoms with Crippen LogP contribution in [-0.2, 0) is 0 Å². The molecule has 0 spiro atoms. The Morgan fingerprint density at radius 3 is 2.25 bits per heavy atom. The fourth-order valence-corrected chi connectivity index (χ4v) is 6.95. The van der Waals surface area contributed by atoms with Crippen LogP contribution in [0.3, 0.4) is 0 Å². The molecular formula is C20H25N3S. The van der Waals surface area contributed by atoms with Crippen LogP contribution < -0.4 is 10.6 Å². The van der Waals surface area contributed by atoms with Crippen molar-refractivity contribution in [1.29, 1.82) is 5.26 Å². The lowest BCUT2D eigenvalue weighted by Gasteiger charge is -2.65. The van der Waals surface area contributed by atoms with Gasteiger partial charge in [0.15, 0.2) is 5.11 Å². The van der Waals surface area contributed by atoms with E-state index >= 15 is 0 Å². The summed E-state index contributed by atoms with van der Waals surface area (Å²) in [4.78, 5) is 0. The van der Waals surface area contributed by atoms with Gasteiger partial charge in [0.05, 0.1) is 11.6 Å². The zero-order chi connectivity index (χ0) is 17.0. The normalized spacial score (nSPS) is 39.3. The first-order chi connectivity index (χ1) is 11.3. The van der Waals surface area contributed by atoms with E-state index in [0.29, 0.717) is 21.5 Å². The summed E-state index contributed by atoms with van der Waals surface area (Å²) in [6, 6.07) is 9.60. The SMILES string of the molecule is CC12CC3CC(C)(C1)CC(NC(=S)Nc1ccc(C#N)cc1)(C3)C2. The maximum atomic E-state index is 8.89. The van der Waals surface area contributed by atoms with Crippen LogP contribution in [0.2, 0.25) is 0 Å². The second-order valence-electron chi connectivity index (χ2n) is 9.18. The van der Waals surface area contributed by atoms with E-state index in [1.807, 2.05) is 24.3 Å². The smallest absolute Gasteiger partial charge is 0.171 e. The molecule has 126 valence electrons. The highest BCUT2D eigenvalue weighted by Crippen LogP contribution is 2.66. The molecule has 0 saturated heterocycles. The molecule has 4 aliphatic carbocycles. The van der Waals surface area contributed by atoms with Gasteiger partial charge in [0.1, 0.15) is 0 Å². The van der Waals surface area contributed by atoms with Crippen molar-refractivity contribution in [2.75, 3.05) is 5.32 Å². The Kier molecular flexibility index (Phi) is 3.44. The minimum atomic E-state index is 0.166. The molecule has 3 nitrogen and oxygen atoms in total. The van der Waals surface area contributed by atoms with Crippen LogP contribution in [0.5, 0.6) is 0 Å². The number of benzene rings is 1. The van der Waals surface area contributed by atoms with Gasteiger partial charge in [-0.05, 0) is 91.8 Å². The third kappa shape index (κ3) is 2.80. The lowest BCUT2D eigenvalue weighted by molar-refractivity contribution is -0.111. The maximum Gasteiger partial charge on any atom is 0.171 e. The van der Waals surface area contributed by atoms with Crippen LogP contribution in [0.15, 0.2) is 24.3 Å². The number of nitrogens with one attached hydrogen (secondary N) is 2. The van der Waals surface area contributed by atoms with Crippen molar-refractivity contribution in [2.24, 2.45) is 16.7 Å². The number of nitrogens with zero attached hydrogens (tertiary/aromatic N) is 1. The largest absolute Gasteiger partial charge is 0.357 e. The van der Waals surface area contributed by atoms with E-state index in [0.717, 1.165) is 11.6 Å². The quantitative estimate of drug-likeness (QED) is 0.774. The Hall–Kier alpha value is -1.60. The van der Waals surface area contributed by atoms with Gasteiger partial charge in [-0.15, -0.1) is 0 Å². The molecule has 5 rings (SSSR count). The Morgan fingerprint density at radius 2 is 1.71 bits per heavy atom. The van der Waals surface area contributed by atoms with E-state index < -0.39 is 0 Å². The summed E-state index contributed by atoms with van der Waals surface area (Å²) in [5.41, 5.74) is 2.73. The first-order valence-electron chi connectivity index (χ1n) is 8.91. The van der Waals surface area contributed by atoms with Gasteiger partial charge >= 0.3 is 0 Å². The molecule has 0 aliphatic heterocycles. The van der Waals surface area contributed by atoms with Gasteiger partial charge in [0, 0.05) is 11.2 Å². The summed E-state index contributed by atoms with van der Waals surface area (Å²) < 4.78 is 0. The summed E-state index contributed by atoms with van der Waals surface area (Å²) in [6.07, 6.45) is 7.88. The molecule has 1 aromatic carbocycles. The molecule has 2 unspecified atom stereocenters. The minimum absolute atomic E-state index is 0.166. The second kappa shape index (κ2) is 5.20. The lowest BCUT2D eigenvalue weighted by Crippen LogP contribution is -2.65. The topological polar surface area (TPSA) is 47.8 Å². The van der Waals surface area contributed by atoms with Gasteiger partial charge in [0.25, 0.3) is 0 Å². The van der Waals surface area contributed by atoms with E-state index in [2.05, 4.69) is 30.6 Å². The van der Waals surface area contributed by atoms with Crippen LogP contribution in [-0.4, -0.2) is 10.7 Å². The summed E-state index contributed by atoms with van der Waals surface area (Å²) in [5, 5.41) is 16.6. The van der Waals surface area contributed by atoms with Crippen LogP contribution in [0.4, 0.5) is 5.69 Å². The number of hydrogen-bond donors (Lipinski definition) is 2. The Balaban J connectivity index is 1.48. The monoisotopic (exact) mass is 339 g/mol. The van der Waals surface area contributed by atoms with E-state index in [1.165, 1.54) is 38.5 Å². The van der Waals surface area contributed by atoms with Crippen molar-refractivity contribution in [2.45, 2.75) is 57.9 Å². The van der Waals surface area contributed by atoms with Gasteiger partial charge in [-0.1, -0.05) is 13.8 Å². The molecule has 4 bridgehead atoms. The number of nitriles is 1. The van der Waals surface area contributed by atoms with E-state index in [4.69, 9.17) is 17.5 Å². The summed E-state index contributed by atoms with van der Waals surface area (Å²) >= 11 is 5.62. The van der Waals surface area contributed by atoms with Crippen molar-refractivity contribution in [3.05, 3.63) is 29.8 Å². The predicted molar refractivity (Wildman–Crippen MR) is 101 cm³/mol. The van der Waals surface area contributed by atoms with Crippen molar-refractivity contribution in [1.82, 2.24) is 5.32 Å². The van der Waals surface area contributed by atoms with E-state index in [-0.39, 0.29) is 5.54 Å². The molecule has 0 radical (unpaired) electrons. The maximum absolute atomic E-state index is 8.89. The lowest BCUT2D eigenvalue weighted by atomic mass is 9.43. The van der Waals surface area contributed by atoms with E-state index in [9.17, 15) is 0 Å². The zero-order valence-electron chi connectivity index (χ0n) is 14.5. The first-order valence-corrected chi connectivity index (χ1v) is 9.31. The van der Waals surface area contributed by atoms with Crippen LogP contribution in [0, 0.1) is 28.1 Å². The number of hydrogen-bond acceptors (Lipinski definition) is 2. The molecule has 0 heterocycles. The van der Waals surface area contributed by atoms with E-state index in [1.54, 1.807) is 0 Å². The van der Waals surface area contributed by atoms with Crippen LogP contribution in [0.25, 0.3) is 0 Å². The first kappa shape index (κ1) is 15.9. The Bertz CT molecular complexity index is 699. The number of anilines is 1. The highest BCUT2D eigenvalue weighted by molar-refractivity contribution is 7.80. The molecule has 1 aromatic rings. The van der Waals surface area contributed by atoms with Crippen LogP contribution in [0.1, 0.15) is 57.9 Å². The average molecular weight is 340 g/mol. The average Bonchev–Trinajstić information content (AvgIpc) is 2.43.